The van der Waals surface area contributed by atoms with Gasteiger partial charge in [0, 0.05) is 25.3 Å². The first-order chi connectivity index (χ1) is 9.24. The molecule has 1 aromatic carbocycles. The number of benzene rings is 1. The predicted molar refractivity (Wildman–Crippen MR) is 74.7 cm³/mol. The average molecular weight is 261 g/mol. The van der Waals surface area contributed by atoms with Crippen LogP contribution < -0.4 is 16.0 Å². The highest BCUT2D eigenvalue weighted by Gasteiger charge is 2.26. The summed E-state index contributed by atoms with van der Waals surface area (Å²) >= 11 is 0. The lowest BCUT2D eigenvalue weighted by Crippen LogP contribution is -2.39. The van der Waals surface area contributed by atoms with Gasteiger partial charge in [-0.1, -0.05) is 0 Å². The zero-order valence-electron chi connectivity index (χ0n) is 11.0. The van der Waals surface area contributed by atoms with Gasteiger partial charge in [0.15, 0.2) is 0 Å². The van der Waals surface area contributed by atoms with Gasteiger partial charge in [0.05, 0.1) is 23.5 Å². The van der Waals surface area contributed by atoms with E-state index in [-0.39, 0.29) is 18.1 Å². The van der Waals surface area contributed by atoms with E-state index in [1.54, 1.807) is 0 Å². The van der Waals surface area contributed by atoms with Crippen LogP contribution in [0.5, 0.6) is 0 Å². The summed E-state index contributed by atoms with van der Waals surface area (Å²) in [5.41, 5.74) is 2.74. The molecule has 19 heavy (non-hydrogen) atoms. The molecule has 0 saturated carbocycles. The molecule has 1 fully saturated rings. The molecule has 2 aliphatic rings. The Labute approximate surface area is 112 Å². The zero-order valence-corrected chi connectivity index (χ0v) is 11.0. The summed E-state index contributed by atoms with van der Waals surface area (Å²) < 4.78 is 5.46. The minimum atomic E-state index is -0.0301. The molecule has 0 spiro atoms. The van der Waals surface area contributed by atoms with Gasteiger partial charge in [-0.25, -0.2) is 0 Å². The van der Waals surface area contributed by atoms with E-state index in [9.17, 15) is 4.79 Å². The number of carbonyl (C=O) groups excluding carboxylic acids is 1. The highest BCUT2D eigenvalue weighted by molar-refractivity contribution is 5.96. The highest BCUT2D eigenvalue weighted by atomic mass is 16.5. The summed E-state index contributed by atoms with van der Waals surface area (Å²) in [4.78, 5) is 12.2. The maximum Gasteiger partial charge on any atom is 0.251 e. The van der Waals surface area contributed by atoms with Gasteiger partial charge in [0.2, 0.25) is 0 Å². The van der Waals surface area contributed by atoms with Crippen molar-refractivity contribution in [3.05, 3.63) is 23.8 Å². The lowest BCUT2D eigenvalue weighted by Gasteiger charge is -2.21. The van der Waals surface area contributed by atoms with Gasteiger partial charge in [-0.2, -0.15) is 0 Å². The predicted octanol–water partition coefficient (Wildman–Crippen LogP) is 1.43. The van der Waals surface area contributed by atoms with Crippen LogP contribution in [-0.2, 0) is 4.74 Å². The molecule has 0 aliphatic carbocycles. The maximum atomic E-state index is 12.2. The van der Waals surface area contributed by atoms with Crippen LogP contribution in [0, 0.1) is 0 Å². The molecule has 102 valence electrons. The Balaban J connectivity index is 1.72. The topological polar surface area (TPSA) is 62.4 Å². The summed E-state index contributed by atoms with van der Waals surface area (Å²) in [7, 11) is 0. The molecule has 1 amide bonds. The lowest BCUT2D eigenvalue weighted by molar-refractivity contribution is 0.0866. The fraction of sp³-hybridized carbons (Fsp3) is 0.500. The molecule has 1 aromatic rings. The SMILES string of the molecule is CC1OCCC1NC(=O)c1ccc2c(c1)NCCN2. The van der Waals surface area contributed by atoms with E-state index < -0.39 is 0 Å². The number of anilines is 2. The van der Waals surface area contributed by atoms with Crippen molar-refractivity contribution in [2.45, 2.75) is 25.5 Å². The molecule has 2 aliphatic heterocycles. The summed E-state index contributed by atoms with van der Waals surface area (Å²) in [5.74, 6) is -0.0301. The highest BCUT2D eigenvalue weighted by Crippen LogP contribution is 2.25. The molecular weight excluding hydrogens is 242 g/mol. The largest absolute Gasteiger partial charge is 0.382 e. The van der Waals surface area contributed by atoms with Crippen LogP contribution in [-0.4, -0.2) is 37.7 Å². The second kappa shape index (κ2) is 5.09. The first-order valence-electron chi connectivity index (χ1n) is 6.78. The number of carbonyl (C=O) groups is 1. The normalized spacial score (nSPS) is 25.1. The average Bonchev–Trinajstić information content (AvgIpc) is 2.84. The van der Waals surface area contributed by atoms with Crippen LogP contribution in [0.2, 0.25) is 0 Å². The molecule has 0 bridgehead atoms. The third kappa shape index (κ3) is 2.51. The Morgan fingerprint density at radius 2 is 2.11 bits per heavy atom. The molecule has 2 atom stereocenters. The van der Waals surface area contributed by atoms with E-state index in [1.807, 2.05) is 25.1 Å². The van der Waals surface area contributed by atoms with Crippen molar-refractivity contribution >= 4 is 17.3 Å². The maximum absolute atomic E-state index is 12.2. The Hall–Kier alpha value is -1.75. The van der Waals surface area contributed by atoms with E-state index in [1.165, 1.54) is 0 Å². The Morgan fingerprint density at radius 1 is 1.32 bits per heavy atom. The Kier molecular flexibility index (Phi) is 3.29. The fourth-order valence-electron chi connectivity index (χ4n) is 2.55. The van der Waals surface area contributed by atoms with E-state index in [2.05, 4.69) is 16.0 Å². The van der Waals surface area contributed by atoms with Gasteiger partial charge in [0.1, 0.15) is 0 Å². The molecule has 2 heterocycles. The standard InChI is InChI=1S/C14H19N3O2/c1-9-11(4-7-19-9)17-14(18)10-2-3-12-13(8-10)16-6-5-15-12/h2-3,8-9,11,15-16H,4-7H2,1H3,(H,17,18). The second-order valence-electron chi connectivity index (χ2n) is 5.06. The van der Waals surface area contributed by atoms with Crippen molar-refractivity contribution in [2.24, 2.45) is 0 Å². The second-order valence-corrected chi connectivity index (χ2v) is 5.06. The summed E-state index contributed by atoms with van der Waals surface area (Å²) in [5, 5.41) is 9.63. The van der Waals surface area contributed by atoms with Crippen molar-refractivity contribution in [3.8, 4) is 0 Å². The van der Waals surface area contributed by atoms with E-state index in [0.29, 0.717) is 5.56 Å². The van der Waals surface area contributed by atoms with Crippen molar-refractivity contribution in [2.75, 3.05) is 30.3 Å². The van der Waals surface area contributed by atoms with Crippen LogP contribution in [0.15, 0.2) is 18.2 Å². The fourth-order valence-corrected chi connectivity index (χ4v) is 2.55. The number of fused-ring (bicyclic) bond motifs is 1. The molecular formula is C14H19N3O2. The zero-order chi connectivity index (χ0) is 13.2. The molecule has 2 unspecified atom stereocenters. The quantitative estimate of drug-likeness (QED) is 0.753. The van der Waals surface area contributed by atoms with Gasteiger partial charge in [-0.3, -0.25) is 4.79 Å². The van der Waals surface area contributed by atoms with Crippen LogP contribution in [0.25, 0.3) is 0 Å². The molecule has 5 heteroatoms. The number of hydrogen-bond acceptors (Lipinski definition) is 4. The minimum absolute atomic E-state index is 0.0301. The van der Waals surface area contributed by atoms with Gasteiger partial charge < -0.3 is 20.7 Å². The van der Waals surface area contributed by atoms with Crippen molar-refractivity contribution in [1.82, 2.24) is 5.32 Å². The molecule has 0 radical (unpaired) electrons. The molecule has 3 N–H and O–H groups in total. The van der Waals surface area contributed by atoms with Crippen LogP contribution in [0.1, 0.15) is 23.7 Å². The Bertz CT molecular complexity index is 490. The van der Waals surface area contributed by atoms with Gasteiger partial charge in [0.25, 0.3) is 5.91 Å². The Morgan fingerprint density at radius 3 is 2.84 bits per heavy atom. The third-order valence-corrected chi connectivity index (χ3v) is 3.73. The van der Waals surface area contributed by atoms with E-state index in [4.69, 9.17) is 4.74 Å². The lowest BCUT2D eigenvalue weighted by atomic mass is 10.1. The van der Waals surface area contributed by atoms with Crippen LogP contribution >= 0.6 is 0 Å². The van der Waals surface area contributed by atoms with Crippen LogP contribution in [0.4, 0.5) is 11.4 Å². The van der Waals surface area contributed by atoms with E-state index in [0.717, 1.165) is 37.5 Å². The van der Waals surface area contributed by atoms with Crippen molar-refractivity contribution in [3.63, 3.8) is 0 Å². The van der Waals surface area contributed by atoms with Crippen molar-refractivity contribution < 1.29 is 9.53 Å². The van der Waals surface area contributed by atoms with Gasteiger partial charge in [-0.05, 0) is 31.5 Å². The number of nitrogens with one attached hydrogen (secondary N) is 3. The number of amides is 1. The number of ether oxygens (including phenoxy) is 1. The van der Waals surface area contributed by atoms with E-state index >= 15 is 0 Å². The smallest absolute Gasteiger partial charge is 0.251 e. The molecule has 3 rings (SSSR count). The van der Waals surface area contributed by atoms with Gasteiger partial charge >= 0.3 is 0 Å². The summed E-state index contributed by atoms with van der Waals surface area (Å²) in [6.07, 6.45) is 0.985. The minimum Gasteiger partial charge on any atom is -0.382 e. The van der Waals surface area contributed by atoms with Gasteiger partial charge in [-0.15, -0.1) is 0 Å². The summed E-state index contributed by atoms with van der Waals surface area (Å²) in [6, 6.07) is 5.83. The summed E-state index contributed by atoms with van der Waals surface area (Å²) in [6.45, 7) is 4.51. The molecule has 0 aromatic heterocycles. The third-order valence-electron chi connectivity index (χ3n) is 3.73. The molecule has 5 nitrogen and oxygen atoms in total. The molecule has 1 saturated heterocycles. The first-order valence-corrected chi connectivity index (χ1v) is 6.78. The first kappa shape index (κ1) is 12.3. The number of rotatable bonds is 2. The monoisotopic (exact) mass is 261 g/mol. The van der Waals surface area contributed by atoms with Crippen molar-refractivity contribution in [1.29, 1.82) is 0 Å². The van der Waals surface area contributed by atoms with Crippen LogP contribution in [0.3, 0.4) is 0 Å². The number of hydrogen-bond donors (Lipinski definition) is 3.